The first-order chi connectivity index (χ1) is 18.0. The lowest BCUT2D eigenvalue weighted by Gasteiger charge is -2.18. The van der Waals surface area contributed by atoms with E-state index in [4.69, 9.17) is 25.8 Å². The summed E-state index contributed by atoms with van der Waals surface area (Å²) in [6.45, 7) is 5.50. The third-order valence-electron chi connectivity index (χ3n) is 5.84. The van der Waals surface area contributed by atoms with Crippen molar-refractivity contribution < 1.29 is 23.8 Å². The molecule has 0 aromatic heterocycles. The normalized spacial score (nSPS) is 14.8. The Morgan fingerprint density at radius 3 is 2.38 bits per heavy atom. The second kappa shape index (κ2) is 12.4. The Balaban J connectivity index is 1.33. The molecular weight excluding hydrogens is 494 g/mol. The molecule has 1 atom stereocenters. The number of rotatable bonds is 11. The highest BCUT2D eigenvalue weighted by molar-refractivity contribution is 6.30. The second-order valence-electron chi connectivity index (χ2n) is 8.46. The molecule has 2 N–H and O–H groups in total. The first-order valence-corrected chi connectivity index (χ1v) is 12.6. The highest BCUT2D eigenvalue weighted by atomic mass is 35.5. The number of carbonyl (C=O) groups is 2. The van der Waals surface area contributed by atoms with E-state index in [1.807, 2.05) is 62.4 Å². The fraction of sp³-hybridized carbons (Fsp3) is 0.286. The van der Waals surface area contributed by atoms with Crippen LogP contribution in [0.3, 0.4) is 0 Å². The topological polar surface area (TPSA) is 89.1 Å². The van der Waals surface area contributed by atoms with Gasteiger partial charge in [0.25, 0.3) is 0 Å². The number of hydrogen-bond donors (Lipinski definition) is 2. The van der Waals surface area contributed by atoms with Gasteiger partial charge in [-0.25, -0.2) is 0 Å². The van der Waals surface area contributed by atoms with E-state index in [9.17, 15) is 9.59 Å². The molecule has 4 rings (SSSR count). The van der Waals surface area contributed by atoms with E-state index in [1.165, 1.54) is 0 Å². The SMILES string of the molecule is CCOc1ccc(N2C[C@H](C(=O)NNc3ccc(OCc4ccc(Cl)cc4)c(OCC)c3)CC2=O)cc1. The van der Waals surface area contributed by atoms with Gasteiger partial charge in [-0.15, -0.1) is 0 Å². The molecule has 0 spiro atoms. The maximum Gasteiger partial charge on any atom is 0.243 e. The van der Waals surface area contributed by atoms with Gasteiger partial charge in [0.15, 0.2) is 11.5 Å². The molecule has 1 heterocycles. The van der Waals surface area contributed by atoms with E-state index in [1.54, 1.807) is 23.1 Å². The minimum absolute atomic E-state index is 0.0925. The van der Waals surface area contributed by atoms with E-state index in [0.717, 1.165) is 17.0 Å². The predicted molar refractivity (Wildman–Crippen MR) is 143 cm³/mol. The van der Waals surface area contributed by atoms with Crippen LogP contribution in [-0.4, -0.2) is 31.6 Å². The third-order valence-corrected chi connectivity index (χ3v) is 6.09. The maximum atomic E-state index is 12.8. The monoisotopic (exact) mass is 523 g/mol. The van der Waals surface area contributed by atoms with Crippen LogP contribution in [0.1, 0.15) is 25.8 Å². The van der Waals surface area contributed by atoms with Crippen molar-refractivity contribution in [1.82, 2.24) is 5.43 Å². The molecule has 2 amide bonds. The van der Waals surface area contributed by atoms with Crippen LogP contribution in [0.4, 0.5) is 11.4 Å². The number of ether oxygens (including phenoxy) is 3. The number of halogens is 1. The van der Waals surface area contributed by atoms with Gasteiger partial charge in [-0.2, -0.15) is 0 Å². The Morgan fingerprint density at radius 2 is 1.68 bits per heavy atom. The minimum Gasteiger partial charge on any atom is -0.494 e. The summed E-state index contributed by atoms with van der Waals surface area (Å²) in [5.74, 6) is 1.05. The molecule has 1 fully saturated rings. The summed E-state index contributed by atoms with van der Waals surface area (Å²) < 4.78 is 17.1. The van der Waals surface area contributed by atoms with Crippen LogP contribution in [0.15, 0.2) is 66.7 Å². The van der Waals surface area contributed by atoms with Crippen molar-refractivity contribution in [2.24, 2.45) is 5.92 Å². The van der Waals surface area contributed by atoms with Crippen LogP contribution in [0, 0.1) is 5.92 Å². The van der Waals surface area contributed by atoms with Crippen molar-refractivity contribution in [1.29, 1.82) is 0 Å². The summed E-state index contributed by atoms with van der Waals surface area (Å²) in [6.07, 6.45) is 0.141. The highest BCUT2D eigenvalue weighted by Gasteiger charge is 2.35. The number of benzene rings is 3. The van der Waals surface area contributed by atoms with E-state index in [-0.39, 0.29) is 18.2 Å². The smallest absolute Gasteiger partial charge is 0.243 e. The lowest BCUT2D eigenvalue weighted by atomic mass is 10.1. The molecule has 9 heteroatoms. The molecule has 194 valence electrons. The molecule has 8 nitrogen and oxygen atoms in total. The number of hydrazine groups is 1. The van der Waals surface area contributed by atoms with Gasteiger partial charge < -0.3 is 19.1 Å². The summed E-state index contributed by atoms with van der Waals surface area (Å²) in [7, 11) is 0. The van der Waals surface area contributed by atoms with Gasteiger partial charge in [-0.1, -0.05) is 23.7 Å². The summed E-state index contributed by atoms with van der Waals surface area (Å²) in [6, 6.07) is 20.0. The fourth-order valence-electron chi connectivity index (χ4n) is 3.97. The van der Waals surface area contributed by atoms with Crippen molar-refractivity contribution in [3.8, 4) is 17.2 Å². The van der Waals surface area contributed by atoms with Gasteiger partial charge in [-0.05, 0) is 67.9 Å². The Morgan fingerprint density at radius 1 is 0.946 bits per heavy atom. The molecule has 37 heavy (non-hydrogen) atoms. The van der Waals surface area contributed by atoms with Crippen LogP contribution < -0.4 is 30.0 Å². The molecule has 3 aromatic rings. The first kappa shape index (κ1) is 26.2. The van der Waals surface area contributed by atoms with Crippen molar-refractivity contribution in [2.75, 3.05) is 30.1 Å². The molecule has 0 bridgehead atoms. The highest BCUT2D eigenvalue weighted by Crippen LogP contribution is 2.31. The molecule has 0 aliphatic carbocycles. The average molecular weight is 524 g/mol. The molecule has 1 aliphatic rings. The minimum atomic E-state index is -0.472. The van der Waals surface area contributed by atoms with Gasteiger partial charge in [-0.3, -0.25) is 20.4 Å². The molecule has 3 aromatic carbocycles. The maximum absolute atomic E-state index is 12.8. The number of hydrogen-bond acceptors (Lipinski definition) is 6. The van der Waals surface area contributed by atoms with E-state index in [2.05, 4.69) is 10.9 Å². The van der Waals surface area contributed by atoms with Crippen molar-refractivity contribution in [2.45, 2.75) is 26.9 Å². The Kier molecular flexibility index (Phi) is 8.74. The molecule has 0 saturated carbocycles. The quantitative estimate of drug-likeness (QED) is 0.335. The van der Waals surface area contributed by atoms with Crippen LogP contribution in [0.25, 0.3) is 0 Å². The van der Waals surface area contributed by atoms with Crippen LogP contribution in [0.5, 0.6) is 17.2 Å². The molecule has 0 unspecified atom stereocenters. The van der Waals surface area contributed by atoms with Crippen molar-refractivity contribution in [3.05, 3.63) is 77.3 Å². The van der Waals surface area contributed by atoms with Crippen LogP contribution in [0.2, 0.25) is 5.02 Å². The van der Waals surface area contributed by atoms with E-state index >= 15 is 0 Å². The zero-order valence-corrected chi connectivity index (χ0v) is 21.6. The molecular formula is C28H30ClN3O5. The summed E-state index contributed by atoms with van der Waals surface area (Å²) in [5.41, 5.74) is 7.99. The summed E-state index contributed by atoms with van der Waals surface area (Å²) in [5, 5.41) is 0.669. The Hall–Kier alpha value is -3.91. The first-order valence-electron chi connectivity index (χ1n) is 12.2. The zero-order valence-electron chi connectivity index (χ0n) is 20.8. The Labute approximate surface area is 221 Å². The number of amides is 2. The molecule has 0 radical (unpaired) electrons. The summed E-state index contributed by atoms with van der Waals surface area (Å²) >= 11 is 5.94. The molecule has 1 aliphatic heterocycles. The number of carbonyl (C=O) groups excluding carboxylic acids is 2. The Bertz CT molecular complexity index is 1220. The second-order valence-corrected chi connectivity index (χ2v) is 8.89. The van der Waals surface area contributed by atoms with Gasteiger partial charge >= 0.3 is 0 Å². The number of anilines is 2. The predicted octanol–water partition coefficient (Wildman–Crippen LogP) is 5.21. The number of nitrogens with one attached hydrogen (secondary N) is 2. The van der Waals surface area contributed by atoms with Gasteiger partial charge in [0.2, 0.25) is 11.8 Å². The largest absolute Gasteiger partial charge is 0.494 e. The fourth-order valence-corrected chi connectivity index (χ4v) is 4.10. The molecule has 1 saturated heterocycles. The number of nitrogens with zero attached hydrogens (tertiary/aromatic N) is 1. The lowest BCUT2D eigenvalue weighted by Crippen LogP contribution is -2.36. The van der Waals surface area contributed by atoms with E-state index < -0.39 is 5.92 Å². The summed E-state index contributed by atoms with van der Waals surface area (Å²) in [4.78, 5) is 27.0. The third kappa shape index (κ3) is 6.86. The van der Waals surface area contributed by atoms with Crippen LogP contribution in [-0.2, 0) is 16.2 Å². The van der Waals surface area contributed by atoms with Crippen molar-refractivity contribution >= 4 is 34.8 Å². The standard InChI is InChI=1S/C28H30ClN3O5/c1-3-35-24-12-10-23(11-13-24)32-17-20(15-27(32)33)28(34)31-30-22-9-14-25(26(16-22)36-4-2)37-18-19-5-7-21(29)8-6-19/h5-14,16,20,30H,3-4,15,17-18H2,1-2H3,(H,31,34)/t20-/m1/s1. The van der Waals surface area contributed by atoms with Gasteiger partial charge in [0.1, 0.15) is 12.4 Å². The zero-order chi connectivity index (χ0) is 26.2. The lowest BCUT2D eigenvalue weighted by molar-refractivity contribution is -0.125. The van der Waals surface area contributed by atoms with Crippen molar-refractivity contribution in [3.63, 3.8) is 0 Å². The van der Waals surface area contributed by atoms with Gasteiger partial charge in [0, 0.05) is 29.7 Å². The van der Waals surface area contributed by atoms with E-state index in [0.29, 0.717) is 48.6 Å². The average Bonchev–Trinajstić information content (AvgIpc) is 3.30. The van der Waals surface area contributed by atoms with Crippen LogP contribution >= 0.6 is 11.6 Å². The van der Waals surface area contributed by atoms with Gasteiger partial charge in [0.05, 0.1) is 24.8 Å².